The smallest absolute Gasteiger partial charge is 0.00981 e. The first-order valence-corrected chi connectivity index (χ1v) is 13.1. The van der Waals surface area contributed by atoms with Crippen LogP contribution >= 0.6 is 8.58 Å². The van der Waals surface area contributed by atoms with Gasteiger partial charge in [-0.25, -0.2) is 0 Å². The lowest BCUT2D eigenvalue weighted by Crippen LogP contribution is -2.09. The zero-order valence-corrected chi connectivity index (χ0v) is 21.6. The molecular formula is C30H39P. The summed E-state index contributed by atoms with van der Waals surface area (Å²) in [6, 6.07) is 16.4. The van der Waals surface area contributed by atoms with Gasteiger partial charge in [-0.05, 0) is 104 Å². The predicted molar refractivity (Wildman–Crippen MR) is 143 cm³/mol. The van der Waals surface area contributed by atoms with Gasteiger partial charge in [0.15, 0.2) is 0 Å². The van der Waals surface area contributed by atoms with Crippen LogP contribution in [-0.2, 0) is 0 Å². The van der Waals surface area contributed by atoms with Crippen LogP contribution in [0.4, 0.5) is 0 Å². The molecule has 1 unspecified atom stereocenters. The molecule has 0 N–H and O–H groups in total. The molecule has 0 aliphatic carbocycles. The van der Waals surface area contributed by atoms with Gasteiger partial charge in [-0.1, -0.05) is 88.4 Å². The molecule has 0 spiro atoms. The summed E-state index contributed by atoms with van der Waals surface area (Å²) in [5, 5.41) is 1.56. The number of aryl methyl sites for hydroxylation is 6. The first-order chi connectivity index (χ1) is 14.8. The molecule has 31 heavy (non-hydrogen) atoms. The fourth-order valence-corrected chi connectivity index (χ4v) is 6.61. The maximum atomic E-state index is 2.36. The lowest BCUT2D eigenvalue weighted by atomic mass is 9.89. The maximum absolute atomic E-state index is 2.36. The highest BCUT2D eigenvalue weighted by atomic mass is 31.1. The summed E-state index contributed by atoms with van der Waals surface area (Å²) in [5.41, 5.74) is 14.0. The minimum Gasteiger partial charge on any atom is -0.0890 e. The van der Waals surface area contributed by atoms with E-state index in [1.807, 2.05) is 0 Å². The van der Waals surface area contributed by atoms with Crippen LogP contribution in [0.3, 0.4) is 0 Å². The number of hydrogen-bond acceptors (Lipinski definition) is 0. The average Bonchev–Trinajstić information content (AvgIpc) is 2.67. The van der Waals surface area contributed by atoms with E-state index in [-0.39, 0.29) is 0 Å². The molecule has 0 aliphatic heterocycles. The second-order valence-corrected chi connectivity index (χ2v) is 10.6. The highest BCUT2D eigenvalue weighted by molar-refractivity contribution is 7.48. The first kappa shape index (κ1) is 23.7. The third kappa shape index (κ3) is 5.48. The molecule has 0 radical (unpaired) electrons. The Morgan fingerprint density at radius 2 is 1.06 bits per heavy atom. The first-order valence-electron chi connectivity index (χ1n) is 11.9. The quantitative estimate of drug-likeness (QED) is 0.247. The molecule has 0 fully saturated rings. The van der Waals surface area contributed by atoms with Crippen LogP contribution in [0.1, 0.15) is 66.0 Å². The molecule has 0 aromatic heterocycles. The summed E-state index contributed by atoms with van der Waals surface area (Å²) >= 11 is 0. The molecule has 3 aromatic carbocycles. The van der Waals surface area contributed by atoms with Gasteiger partial charge < -0.3 is 0 Å². The van der Waals surface area contributed by atoms with E-state index in [1.165, 1.54) is 87.5 Å². The zero-order valence-electron chi connectivity index (χ0n) is 20.6. The molecule has 1 atom stereocenters. The standard InChI is InChI=1S/C30H39P/c1-8-9-10-11-15-31-30-26(28-22(4)16-20(2)17-23(28)5)13-12-14-27(30)29-24(6)18-21(3)19-25(29)7/h12-14,16-19,31H,8-11,15H2,1-7H3. The SMILES string of the molecule is CCCCCCPc1c(-c2c(C)cc(C)cc2C)cccc1-c1c(C)cc(C)cc1C. The van der Waals surface area contributed by atoms with Crippen molar-refractivity contribution in [2.75, 3.05) is 6.16 Å². The van der Waals surface area contributed by atoms with E-state index in [2.05, 4.69) is 90.9 Å². The van der Waals surface area contributed by atoms with E-state index in [9.17, 15) is 0 Å². The van der Waals surface area contributed by atoms with Crippen molar-refractivity contribution in [3.05, 3.63) is 75.8 Å². The lowest BCUT2D eigenvalue weighted by Gasteiger charge is -2.21. The lowest BCUT2D eigenvalue weighted by molar-refractivity contribution is 0.706. The van der Waals surface area contributed by atoms with Gasteiger partial charge in [0.2, 0.25) is 0 Å². The fraction of sp³-hybridized carbons (Fsp3) is 0.400. The molecule has 0 heterocycles. The van der Waals surface area contributed by atoms with Crippen LogP contribution in [0.2, 0.25) is 0 Å². The Bertz CT molecular complexity index is 936. The largest absolute Gasteiger partial charge is 0.0890 e. The van der Waals surface area contributed by atoms with Crippen molar-refractivity contribution in [2.24, 2.45) is 0 Å². The van der Waals surface area contributed by atoms with Crippen LogP contribution in [-0.4, -0.2) is 6.16 Å². The Balaban J connectivity index is 2.18. The molecule has 0 saturated carbocycles. The molecule has 164 valence electrons. The van der Waals surface area contributed by atoms with Crippen molar-refractivity contribution in [2.45, 2.75) is 74.1 Å². The maximum Gasteiger partial charge on any atom is -0.00981 e. The van der Waals surface area contributed by atoms with Crippen LogP contribution < -0.4 is 5.30 Å². The van der Waals surface area contributed by atoms with Crippen molar-refractivity contribution in [1.29, 1.82) is 0 Å². The Labute approximate surface area is 192 Å². The number of hydrogen-bond donors (Lipinski definition) is 0. The molecule has 0 aliphatic rings. The average molecular weight is 431 g/mol. The minimum absolute atomic E-state index is 0.844. The Morgan fingerprint density at radius 3 is 1.48 bits per heavy atom. The van der Waals surface area contributed by atoms with Crippen LogP contribution in [0.25, 0.3) is 22.3 Å². The van der Waals surface area contributed by atoms with Crippen molar-refractivity contribution < 1.29 is 0 Å². The summed E-state index contributed by atoms with van der Waals surface area (Å²) in [6.07, 6.45) is 6.63. The van der Waals surface area contributed by atoms with Gasteiger partial charge >= 0.3 is 0 Å². The third-order valence-corrected chi connectivity index (χ3v) is 7.79. The van der Waals surface area contributed by atoms with Gasteiger partial charge in [-0.3, -0.25) is 0 Å². The summed E-state index contributed by atoms with van der Waals surface area (Å²) in [4.78, 5) is 0. The fourth-order valence-electron chi connectivity index (χ4n) is 5.13. The van der Waals surface area contributed by atoms with Gasteiger partial charge in [-0.2, -0.15) is 0 Å². The molecule has 1 heteroatoms. The highest BCUT2D eigenvalue weighted by Crippen LogP contribution is 2.37. The van der Waals surface area contributed by atoms with Crippen LogP contribution in [0.15, 0.2) is 42.5 Å². The normalized spacial score (nSPS) is 11.6. The van der Waals surface area contributed by atoms with Crippen LogP contribution in [0.5, 0.6) is 0 Å². The summed E-state index contributed by atoms with van der Waals surface area (Å²) in [6.45, 7) is 15.8. The van der Waals surface area contributed by atoms with Gasteiger partial charge in [0.05, 0.1) is 0 Å². The van der Waals surface area contributed by atoms with Gasteiger partial charge in [0.25, 0.3) is 0 Å². The molecule has 0 nitrogen and oxygen atoms in total. The molecule has 0 saturated heterocycles. The van der Waals surface area contributed by atoms with E-state index in [1.54, 1.807) is 5.30 Å². The number of benzene rings is 3. The van der Waals surface area contributed by atoms with Crippen LogP contribution in [0, 0.1) is 41.5 Å². The van der Waals surface area contributed by atoms with Crippen molar-refractivity contribution in [3.8, 4) is 22.3 Å². The number of rotatable bonds is 8. The van der Waals surface area contributed by atoms with Crippen molar-refractivity contribution >= 4 is 13.9 Å². The molecule has 3 aromatic rings. The minimum atomic E-state index is 0.844. The van der Waals surface area contributed by atoms with Gasteiger partial charge in [-0.15, -0.1) is 0 Å². The predicted octanol–water partition coefficient (Wildman–Crippen LogP) is 8.76. The van der Waals surface area contributed by atoms with Crippen molar-refractivity contribution in [1.82, 2.24) is 0 Å². The molecule has 0 amide bonds. The molecule has 0 bridgehead atoms. The van der Waals surface area contributed by atoms with E-state index in [4.69, 9.17) is 0 Å². The monoisotopic (exact) mass is 430 g/mol. The molecule has 3 rings (SSSR count). The number of unbranched alkanes of at least 4 members (excludes halogenated alkanes) is 3. The molecular weight excluding hydrogens is 391 g/mol. The topological polar surface area (TPSA) is 0 Å². The van der Waals surface area contributed by atoms with E-state index in [0.717, 1.165) is 8.58 Å². The summed E-state index contributed by atoms with van der Waals surface area (Å²) < 4.78 is 0. The van der Waals surface area contributed by atoms with E-state index < -0.39 is 0 Å². The third-order valence-electron chi connectivity index (χ3n) is 6.29. The zero-order chi connectivity index (χ0) is 22.5. The summed E-state index contributed by atoms with van der Waals surface area (Å²) in [5.74, 6) is 0. The van der Waals surface area contributed by atoms with E-state index >= 15 is 0 Å². The van der Waals surface area contributed by atoms with Gasteiger partial charge in [0.1, 0.15) is 0 Å². The van der Waals surface area contributed by atoms with Gasteiger partial charge in [0, 0.05) is 0 Å². The van der Waals surface area contributed by atoms with E-state index in [0.29, 0.717) is 0 Å². The van der Waals surface area contributed by atoms with Crippen molar-refractivity contribution in [3.63, 3.8) is 0 Å². The Hall–Kier alpha value is -1.91. The second kappa shape index (κ2) is 10.6. The summed E-state index contributed by atoms with van der Waals surface area (Å²) in [7, 11) is 0.844. The Morgan fingerprint density at radius 1 is 0.613 bits per heavy atom. The Kier molecular flexibility index (Phi) is 8.12. The second-order valence-electron chi connectivity index (χ2n) is 9.26. The highest BCUT2D eigenvalue weighted by Gasteiger charge is 2.17.